The van der Waals surface area contributed by atoms with Crippen LogP contribution in [0.3, 0.4) is 0 Å². The first-order valence-electron chi connectivity index (χ1n) is 5.44. The molecule has 0 aliphatic heterocycles. The molecule has 0 aromatic carbocycles. The molecule has 0 aromatic rings. The van der Waals surface area contributed by atoms with E-state index in [2.05, 4.69) is 5.92 Å². The van der Waals surface area contributed by atoms with Crippen molar-refractivity contribution in [1.29, 1.82) is 0 Å². The Hall–Kier alpha value is -1.54. The maximum absolute atomic E-state index is 11.2. The first-order valence-corrected chi connectivity index (χ1v) is 5.44. The largest absolute Gasteiger partial charge is 0.481 e. The van der Waals surface area contributed by atoms with Gasteiger partial charge < -0.3 is 10.2 Å². The zero-order valence-corrected chi connectivity index (χ0v) is 10.4. The zero-order chi connectivity index (χ0) is 13.6. The van der Waals surface area contributed by atoms with E-state index < -0.39 is 23.9 Å². The Labute approximate surface area is 101 Å². The van der Waals surface area contributed by atoms with Gasteiger partial charge in [-0.1, -0.05) is 26.7 Å². The fourth-order valence-electron chi connectivity index (χ4n) is 1.69. The van der Waals surface area contributed by atoms with Crippen molar-refractivity contribution >= 4 is 11.9 Å². The lowest BCUT2D eigenvalue weighted by molar-refractivity contribution is -0.148. The minimum Gasteiger partial charge on any atom is -0.481 e. The van der Waals surface area contributed by atoms with E-state index in [1.165, 1.54) is 11.8 Å². The maximum atomic E-state index is 11.2. The van der Waals surface area contributed by atoms with E-state index in [9.17, 15) is 9.59 Å². The fourth-order valence-corrected chi connectivity index (χ4v) is 1.69. The number of nitrogens with zero attached hydrogens (tertiary/aromatic N) is 1. The summed E-state index contributed by atoms with van der Waals surface area (Å²) in [5.74, 6) is -0.352. The zero-order valence-electron chi connectivity index (χ0n) is 10.4. The molecule has 2 N–H and O–H groups in total. The van der Waals surface area contributed by atoms with Crippen LogP contribution in [0, 0.1) is 24.2 Å². The molecular weight excluding hydrogens is 222 g/mol. The summed E-state index contributed by atoms with van der Waals surface area (Å²) < 4.78 is 0. The van der Waals surface area contributed by atoms with Gasteiger partial charge in [0.2, 0.25) is 0 Å². The molecule has 0 spiro atoms. The molecule has 0 radical (unpaired) electrons. The van der Waals surface area contributed by atoms with Crippen molar-refractivity contribution in [1.82, 2.24) is 4.90 Å². The minimum atomic E-state index is -0.979. The summed E-state index contributed by atoms with van der Waals surface area (Å²) in [6, 6.07) is -0.757. The second-order valence-corrected chi connectivity index (χ2v) is 4.40. The topological polar surface area (TPSA) is 77.8 Å². The van der Waals surface area contributed by atoms with E-state index in [4.69, 9.17) is 16.6 Å². The van der Waals surface area contributed by atoms with E-state index in [0.29, 0.717) is 0 Å². The molecule has 0 bridgehead atoms. The van der Waals surface area contributed by atoms with Gasteiger partial charge >= 0.3 is 11.9 Å². The number of hydrogen-bond acceptors (Lipinski definition) is 3. The van der Waals surface area contributed by atoms with Crippen LogP contribution in [0.15, 0.2) is 0 Å². The molecule has 0 amide bonds. The highest BCUT2D eigenvalue weighted by molar-refractivity contribution is 5.74. The Morgan fingerprint density at radius 2 is 1.76 bits per heavy atom. The van der Waals surface area contributed by atoms with Gasteiger partial charge in [0.25, 0.3) is 0 Å². The van der Waals surface area contributed by atoms with Crippen molar-refractivity contribution in [3.05, 3.63) is 0 Å². The third-order valence-electron chi connectivity index (χ3n) is 2.50. The summed E-state index contributed by atoms with van der Waals surface area (Å²) in [6.07, 6.45) is 5.19. The number of carboxylic acids is 2. The van der Waals surface area contributed by atoms with E-state index in [1.54, 1.807) is 13.8 Å². The molecule has 0 fully saturated rings. The minimum absolute atomic E-state index is 0.132. The van der Waals surface area contributed by atoms with Gasteiger partial charge in [0, 0.05) is 6.54 Å². The average molecular weight is 241 g/mol. The molecule has 96 valence electrons. The molecule has 2 unspecified atom stereocenters. The van der Waals surface area contributed by atoms with E-state index in [-0.39, 0.29) is 19.0 Å². The Bertz CT molecular complexity index is 319. The third kappa shape index (κ3) is 4.87. The van der Waals surface area contributed by atoms with Crippen molar-refractivity contribution in [3.63, 3.8) is 0 Å². The highest BCUT2D eigenvalue weighted by Crippen LogP contribution is 2.13. The fraction of sp³-hybridized carbons (Fsp3) is 0.667. The Balaban J connectivity index is 4.87. The first kappa shape index (κ1) is 15.5. The molecule has 0 saturated carbocycles. The molecule has 0 rings (SSSR count). The summed E-state index contributed by atoms with van der Waals surface area (Å²) in [6.45, 7) is 5.34. The van der Waals surface area contributed by atoms with Crippen LogP contribution in [0.1, 0.15) is 20.8 Å². The molecule has 17 heavy (non-hydrogen) atoms. The van der Waals surface area contributed by atoms with Crippen LogP contribution in [-0.2, 0) is 9.59 Å². The van der Waals surface area contributed by atoms with Gasteiger partial charge in [0.1, 0.15) is 6.04 Å². The highest BCUT2D eigenvalue weighted by Gasteiger charge is 2.30. The number of carboxylic acid groups (broad SMARTS) is 2. The summed E-state index contributed by atoms with van der Waals surface area (Å²) in [5, 5.41) is 18.0. The number of aliphatic carboxylic acids is 2. The lowest BCUT2D eigenvalue weighted by Gasteiger charge is -2.30. The van der Waals surface area contributed by atoms with Crippen LogP contribution < -0.4 is 0 Å². The Kier molecular flexibility index (Phi) is 6.29. The van der Waals surface area contributed by atoms with Gasteiger partial charge in [-0.05, 0) is 5.92 Å². The lowest BCUT2D eigenvalue weighted by Crippen LogP contribution is -2.47. The predicted octanol–water partition coefficient (Wildman–Crippen LogP) is 0.751. The van der Waals surface area contributed by atoms with Gasteiger partial charge in [0.15, 0.2) is 0 Å². The van der Waals surface area contributed by atoms with Gasteiger partial charge in [-0.25, -0.2) is 0 Å². The Morgan fingerprint density at radius 3 is 2.06 bits per heavy atom. The normalized spacial score (nSPS) is 14.4. The summed E-state index contributed by atoms with van der Waals surface area (Å²) >= 11 is 0. The lowest BCUT2D eigenvalue weighted by atomic mass is 10.0. The van der Waals surface area contributed by atoms with Gasteiger partial charge in [-0.15, -0.1) is 6.42 Å². The van der Waals surface area contributed by atoms with Crippen LogP contribution in [0.5, 0.6) is 0 Å². The maximum Gasteiger partial charge on any atom is 0.321 e. The van der Waals surface area contributed by atoms with Gasteiger partial charge in [0.05, 0.1) is 12.5 Å². The Morgan fingerprint density at radius 1 is 1.24 bits per heavy atom. The average Bonchev–Trinajstić information content (AvgIpc) is 2.16. The van der Waals surface area contributed by atoms with E-state index in [1.807, 2.05) is 0 Å². The second kappa shape index (κ2) is 6.92. The molecule has 0 heterocycles. The standard InChI is InChI=1S/C12H19NO4/c1-5-6-13(7-9(4)11(14)15)10(8(2)3)12(16)17/h1,8-10H,6-7H2,2-4H3,(H,14,15)(H,16,17). The van der Waals surface area contributed by atoms with Crippen LogP contribution in [0.2, 0.25) is 0 Å². The molecule has 0 aliphatic carbocycles. The molecule has 2 atom stereocenters. The van der Waals surface area contributed by atoms with Gasteiger partial charge in [-0.2, -0.15) is 0 Å². The molecule has 0 aliphatic rings. The molecule has 0 aromatic heterocycles. The van der Waals surface area contributed by atoms with Gasteiger partial charge in [-0.3, -0.25) is 14.5 Å². The molecular formula is C12H19NO4. The van der Waals surface area contributed by atoms with Crippen molar-refractivity contribution in [2.75, 3.05) is 13.1 Å². The second-order valence-electron chi connectivity index (χ2n) is 4.40. The first-order chi connectivity index (χ1) is 7.81. The SMILES string of the molecule is C#CCN(CC(C)C(=O)O)C(C(=O)O)C(C)C. The summed E-state index contributed by atoms with van der Waals surface area (Å²) in [7, 11) is 0. The summed E-state index contributed by atoms with van der Waals surface area (Å²) in [5.41, 5.74) is 0. The van der Waals surface area contributed by atoms with Crippen molar-refractivity contribution in [3.8, 4) is 12.3 Å². The van der Waals surface area contributed by atoms with Crippen LogP contribution >= 0.6 is 0 Å². The number of carbonyl (C=O) groups is 2. The van der Waals surface area contributed by atoms with E-state index in [0.717, 1.165) is 0 Å². The van der Waals surface area contributed by atoms with E-state index >= 15 is 0 Å². The monoisotopic (exact) mass is 241 g/mol. The van der Waals surface area contributed by atoms with Crippen LogP contribution in [0.25, 0.3) is 0 Å². The number of terminal acetylenes is 1. The molecule has 5 nitrogen and oxygen atoms in total. The summed E-state index contributed by atoms with van der Waals surface area (Å²) in [4.78, 5) is 23.4. The molecule has 5 heteroatoms. The number of hydrogen-bond donors (Lipinski definition) is 2. The van der Waals surface area contributed by atoms with Crippen molar-refractivity contribution < 1.29 is 19.8 Å². The van der Waals surface area contributed by atoms with Crippen molar-refractivity contribution in [2.24, 2.45) is 11.8 Å². The van der Waals surface area contributed by atoms with Crippen LogP contribution in [-0.4, -0.2) is 46.2 Å². The van der Waals surface area contributed by atoms with Crippen LogP contribution in [0.4, 0.5) is 0 Å². The third-order valence-corrected chi connectivity index (χ3v) is 2.50. The predicted molar refractivity (Wildman–Crippen MR) is 63.5 cm³/mol. The number of rotatable bonds is 7. The quantitative estimate of drug-likeness (QED) is 0.643. The van der Waals surface area contributed by atoms with Crippen molar-refractivity contribution in [2.45, 2.75) is 26.8 Å². The smallest absolute Gasteiger partial charge is 0.321 e. The molecule has 0 saturated heterocycles. The highest BCUT2D eigenvalue weighted by atomic mass is 16.4.